The maximum atomic E-state index is 12.3. The van der Waals surface area contributed by atoms with Gasteiger partial charge in [0.2, 0.25) is 0 Å². The molecule has 7 heteroatoms. The number of H-pyrrole nitrogens is 1. The van der Waals surface area contributed by atoms with Gasteiger partial charge in [0, 0.05) is 44.1 Å². The molecule has 0 saturated heterocycles. The molecule has 2 aromatic rings. The van der Waals surface area contributed by atoms with Crippen molar-refractivity contribution < 1.29 is 4.92 Å². The molecule has 4 rings (SSSR count). The predicted octanol–water partition coefficient (Wildman–Crippen LogP) is 2.11. The van der Waals surface area contributed by atoms with E-state index in [9.17, 15) is 14.9 Å². The monoisotopic (exact) mass is 326 g/mol. The Hall–Kier alpha value is -2.54. The van der Waals surface area contributed by atoms with E-state index in [1.54, 1.807) is 12.1 Å². The average Bonchev–Trinajstić information content (AvgIpc) is 3.41. The largest absolute Gasteiger partial charge is 0.310 e. The molecular weight excluding hydrogens is 308 g/mol. The van der Waals surface area contributed by atoms with Gasteiger partial charge in [-0.2, -0.15) is 0 Å². The Morgan fingerprint density at radius 3 is 2.71 bits per heavy atom. The number of non-ortho nitro benzene ring substituents is 1. The number of fused-ring (bicyclic) bond motifs is 1. The van der Waals surface area contributed by atoms with Crippen molar-refractivity contribution in [3.05, 3.63) is 67.4 Å². The number of rotatable bonds is 4. The summed E-state index contributed by atoms with van der Waals surface area (Å²) in [7, 11) is 0. The van der Waals surface area contributed by atoms with Crippen LogP contribution in [-0.2, 0) is 19.5 Å². The average molecular weight is 326 g/mol. The van der Waals surface area contributed by atoms with E-state index in [2.05, 4.69) is 14.9 Å². The first-order chi connectivity index (χ1) is 11.6. The van der Waals surface area contributed by atoms with Crippen LogP contribution in [0.3, 0.4) is 0 Å². The van der Waals surface area contributed by atoms with Crippen LogP contribution in [0.5, 0.6) is 0 Å². The molecule has 1 fully saturated rings. The first-order valence-electron chi connectivity index (χ1n) is 8.18. The lowest BCUT2D eigenvalue weighted by atomic mass is 10.1. The first kappa shape index (κ1) is 15.0. The number of nitro benzene ring substituents is 1. The molecule has 0 radical (unpaired) electrons. The van der Waals surface area contributed by atoms with Crippen molar-refractivity contribution in [2.75, 3.05) is 6.54 Å². The van der Waals surface area contributed by atoms with Gasteiger partial charge in [-0.15, -0.1) is 0 Å². The van der Waals surface area contributed by atoms with Gasteiger partial charge in [0.05, 0.1) is 16.2 Å². The Kier molecular flexibility index (Phi) is 3.65. The van der Waals surface area contributed by atoms with E-state index in [0.29, 0.717) is 19.0 Å². The molecule has 0 bridgehead atoms. The van der Waals surface area contributed by atoms with Crippen LogP contribution >= 0.6 is 0 Å². The number of nitrogens with one attached hydrogen (secondary N) is 1. The van der Waals surface area contributed by atoms with Crippen molar-refractivity contribution in [1.82, 2.24) is 14.9 Å². The number of nitro groups is 1. The number of hydrogen-bond acceptors (Lipinski definition) is 5. The standard InChI is InChI=1S/C17H18N4O3/c22-17-14-10-20(9-11-1-5-13(6-2-11)21(23)24)8-7-15(14)18-16(19-17)12-3-4-12/h1-2,5-6,12H,3-4,7-10H2,(H,18,19,22). The van der Waals surface area contributed by atoms with Gasteiger partial charge in [-0.1, -0.05) is 12.1 Å². The molecule has 1 aliphatic heterocycles. The van der Waals surface area contributed by atoms with Crippen LogP contribution in [0.4, 0.5) is 5.69 Å². The van der Waals surface area contributed by atoms with Gasteiger partial charge in [-0.05, 0) is 18.4 Å². The van der Waals surface area contributed by atoms with Crippen molar-refractivity contribution in [2.45, 2.75) is 38.3 Å². The summed E-state index contributed by atoms with van der Waals surface area (Å²) in [5.41, 5.74) is 2.77. The second-order valence-corrected chi connectivity index (χ2v) is 6.53. The second kappa shape index (κ2) is 5.83. The summed E-state index contributed by atoms with van der Waals surface area (Å²) in [6.07, 6.45) is 3.01. The Morgan fingerprint density at radius 1 is 1.29 bits per heavy atom. The molecule has 1 aromatic heterocycles. The van der Waals surface area contributed by atoms with Gasteiger partial charge in [0.1, 0.15) is 5.82 Å². The smallest absolute Gasteiger partial charge is 0.269 e. The minimum absolute atomic E-state index is 0.0182. The zero-order valence-corrected chi connectivity index (χ0v) is 13.2. The van der Waals surface area contributed by atoms with E-state index in [0.717, 1.165) is 48.5 Å². The first-order valence-corrected chi connectivity index (χ1v) is 8.18. The molecule has 0 amide bonds. The predicted molar refractivity (Wildman–Crippen MR) is 87.7 cm³/mol. The molecule has 1 aliphatic carbocycles. The highest BCUT2D eigenvalue weighted by Gasteiger charge is 2.29. The number of hydrogen-bond donors (Lipinski definition) is 1. The Morgan fingerprint density at radius 2 is 2.04 bits per heavy atom. The van der Waals surface area contributed by atoms with Crippen molar-refractivity contribution in [2.24, 2.45) is 0 Å². The van der Waals surface area contributed by atoms with E-state index < -0.39 is 4.92 Å². The minimum Gasteiger partial charge on any atom is -0.310 e. The number of nitrogens with zero attached hydrogens (tertiary/aromatic N) is 3. The van der Waals surface area contributed by atoms with Crippen molar-refractivity contribution in [1.29, 1.82) is 0 Å². The molecule has 24 heavy (non-hydrogen) atoms. The van der Waals surface area contributed by atoms with Crippen LogP contribution < -0.4 is 5.56 Å². The highest BCUT2D eigenvalue weighted by atomic mass is 16.6. The normalized spacial score (nSPS) is 17.5. The van der Waals surface area contributed by atoms with Gasteiger partial charge in [0.15, 0.2) is 0 Å². The van der Waals surface area contributed by atoms with E-state index >= 15 is 0 Å². The van der Waals surface area contributed by atoms with Crippen LogP contribution in [0.25, 0.3) is 0 Å². The van der Waals surface area contributed by atoms with Crippen molar-refractivity contribution in [3.8, 4) is 0 Å². The second-order valence-electron chi connectivity index (χ2n) is 6.53. The lowest BCUT2D eigenvalue weighted by Crippen LogP contribution is -2.35. The number of benzene rings is 1. The van der Waals surface area contributed by atoms with Crippen molar-refractivity contribution >= 4 is 5.69 Å². The molecule has 0 atom stereocenters. The van der Waals surface area contributed by atoms with E-state index in [1.165, 1.54) is 12.1 Å². The zero-order valence-electron chi connectivity index (χ0n) is 13.2. The Bertz CT molecular complexity index is 840. The van der Waals surface area contributed by atoms with Crippen LogP contribution in [0.1, 0.15) is 41.4 Å². The number of aromatic nitrogens is 2. The summed E-state index contributed by atoms with van der Waals surface area (Å²) in [5.74, 6) is 1.30. The van der Waals surface area contributed by atoms with Gasteiger partial charge < -0.3 is 4.98 Å². The third-order valence-corrected chi connectivity index (χ3v) is 4.68. The van der Waals surface area contributed by atoms with Crippen LogP contribution in [0, 0.1) is 10.1 Å². The molecular formula is C17H18N4O3. The zero-order chi connectivity index (χ0) is 16.7. The molecule has 0 spiro atoms. The molecule has 1 N–H and O–H groups in total. The maximum absolute atomic E-state index is 12.3. The highest BCUT2D eigenvalue weighted by molar-refractivity contribution is 5.33. The SMILES string of the molecule is O=c1[nH]c(C2CC2)nc2c1CN(Cc1ccc([N+](=O)[O-])cc1)CC2. The fourth-order valence-corrected chi connectivity index (χ4v) is 3.17. The molecule has 0 unspecified atom stereocenters. The Balaban J connectivity index is 1.50. The summed E-state index contributed by atoms with van der Waals surface area (Å²) in [6, 6.07) is 6.58. The van der Waals surface area contributed by atoms with Gasteiger partial charge >= 0.3 is 0 Å². The number of aromatic amines is 1. The van der Waals surface area contributed by atoms with E-state index in [1.807, 2.05) is 0 Å². The van der Waals surface area contributed by atoms with Gasteiger partial charge in [-0.25, -0.2) is 4.98 Å². The summed E-state index contributed by atoms with van der Waals surface area (Å²) in [4.78, 5) is 32.4. The van der Waals surface area contributed by atoms with Crippen LogP contribution in [0.2, 0.25) is 0 Å². The molecule has 7 nitrogen and oxygen atoms in total. The third kappa shape index (κ3) is 2.94. The fraction of sp³-hybridized carbons (Fsp3) is 0.412. The maximum Gasteiger partial charge on any atom is 0.269 e. The van der Waals surface area contributed by atoms with Crippen LogP contribution in [-0.4, -0.2) is 26.3 Å². The topological polar surface area (TPSA) is 92.1 Å². The van der Waals surface area contributed by atoms with Crippen LogP contribution in [0.15, 0.2) is 29.1 Å². The van der Waals surface area contributed by atoms with E-state index in [4.69, 9.17) is 0 Å². The molecule has 2 aliphatic rings. The highest BCUT2D eigenvalue weighted by Crippen LogP contribution is 2.37. The molecule has 2 heterocycles. The molecule has 124 valence electrons. The summed E-state index contributed by atoms with van der Waals surface area (Å²) in [5, 5.41) is 10.7. The molecule has 1 saturated carbocycles. The van der Waals surface area contributed by atoms with Gasteiger partial charge in [0.25, 0.3) is 11.2 Å². The lowest BCUT2D eigenvalue weighted by molar-refractivity contribution is -0.384. The van der Waals surface area contributed by atoms with E-state index in [-0.39, 0.29) is 11.2 Å². The summed E-state index contributed by atoms with van der Waals surface area (Å²) >= 11 is 0. The van der Waals surface area contributed by atoms with Gasteiger partial charge in [-0.3, -0.25) is 19.8 Å². The van der Waals surface area contributed by atoms with Crippen molar-refractivity contribution in [3.63, 3.8) is 0 Å². The summed E-state index contributed by atoms with van der Waals surface area (Å²) in [6.45, 7) is 2.07. The quantitative estimate of drug-likeness (QED) is 0.686. The minimum atomic E-state index is -0.399. The fourth-order valence-electron chi connectivity index (χ4n) is 3.17. The third-order valence-electron chi connectivity index (χ3n) is 4.68. The lowest BCUT2D eigenvalue weighted by Gasteiger charge is -2.27. The Labute approximate surface area is 138 Å². The molecule has 1 aromatic carbocycles. The summed E-state index contributed by atoms with van der Waals surface area (Å²) < 4.78 is 0.